The van der Waals surface area contributed by atoms with E-state index >= 15 is 0 Å². The number of hydrogen-bond donors (Lipinski definition) is 3. The fraction of sp³-hybridized carbons (Fsp3) is 0.444. The molecule has 1 aromatic carbocycles. The van der Waals surface area contributed by atoms with Crippen molar-refractivity contribution < 1.29 is 9.59 Å². The van der Waals surface area contributed by atoms with E-state index in [0.29, 0.717) is 35.2 Å². The summed E-state index contributed by atoms with van der Waals surface area (Å²) < 4.78 is 0. The molecule has 0 radical (unpaired) electrons. The fourth-order valence-electron chi connectivity index (χ4n) is 2.77. The van der Waals surface area contributed by atoms with Crippen molar-refractivity contribution in [2.24, 2.45) is 11.8 Å². The average molecular weight is 341 g/mol. The number of aromatic nitrogens is 3. The summed E-state index contributed by atoms with van der Waals surface area (Å²) in [6.45, 7) is 5.84. The van der Waals surface area contributed by atoms with Gasteiger partial charge in [-0.3, -0.25) is 14.7 Å². The van der Waals surface area contributed by atoms with Crippen molar-refractivity contribution >= 4 is 17.5 Å². The number of carbonyl (C=O) groups is 2. The lowest BCUT2D eigenvalue weighted by molar-refractivity contribution is -0.117. The number of rotatable bonds is 6. The minimum absolute atomic E-state index is 0.0210. The number of amides is 2. The smallest absolute Gasteiger partial charge is 0.251 e. The van der Waals surface area contributed by atoms with Crippen LogP contribution in [-0.2, 0) is 4.79 Å². The summed E-state index contributed by atoms with van der Waals surface area (Å²) in [5.41, 5.74) is 1.13. The summed E-state index contributed by atoms with van der Waals surface area (Å²) in [4.78, 5) is 28.9. The molecular formula is C18H23N5O2. The van der Waals surface area contributed by atoms with Crippen LogP contribution in [0.25, 0.3) is 0 Å². The van der Waals surface area contributed by atoms with Crippen LogP contribution in [0.15, 0.2) is 24.3 Å². The zero-order valence-corrected chi connectivity index (χ0v) is 14.7. The van der Waals surface area contributed by atoms with E-state index in [0.717, 1.165) is 6.42 Å². The number of benzene rings is 1. The highest BCUT2D eigenvalue weighted by atomic mass is 16.2. The number of aromatic amines is 1. The van der Waals surface area contributed by atoms with Gasteiger partial charge in [-0.2, -0.15) is 5.10 Å². The highest BCUT2D eigenvalue weighted by Crippen LogP contribution is 2.38. The minimum Gasteiger partial charge on any atom is -0.342 e. The number of hydrogen-bond acceptors (Lipinski definition) is 4. The number of nitrogens with one attached hydrogen (secondary N) is 3. The summed E-state index contributed by atoms with van der Waals surface area (Å²) in [5.74, 6) is 1.62. The van der Waals surface area contributed by atoms with Crippen LogP contribution in [0, 0.1) is 18.8 Å². The quantitative estimate of drug-likeness (QED) is 0.752. The van der Waals surface area contributed by atoms with E-state index in [1.54, 1.807) is 24.3 Å². The molecule has 7 heteroatoms. The summed E-state index contributed by atoms with van der Waals surface area (Å²) >= 11 is 0. The Kier molecular flexibility index (Phi) is 4.83. The third-order valence-corrected chi connectivity index (χ3v) is 4.48. The molecule has 2 amide bonds. The zero-order chi connectivity index (χ0) is 18.0. The van der Waals surface area contributed by atoms with E-state index in [9.17, 15) is 9.59 Å². The van der Waals surface area contributed by atoms with E-state index in [1.165, 1.54) is 0 Å². The van der Waals surface area contributed by atoms with Gasteiger partial charge < -0.3 is 10.6 Å². The number of carbonyl (C=O) groups excluding carboxylic acids is 2. The first-order valence-corrected chi connectivity index (χ1v) is 8.58. The van der Waals surface area contributed by atoms with Crippen molar-refractivity contribution in [1.82, 2.24) is 20.5 Å². The summed E-state index contributed by atoms with van der Waals surface area (Å²) in [6, 6.07) is 6.70. The van der Waals surface area contributed by atoms with Crippen molar-refractivity contribution in [1.29, 1.82) is 0 Å². The van der Waals surface area contributed by atoms with Crippen LogP contribution in [0.1, 0.15) is 54.7 Å². The van der Waals surface area contributed by atoms with Gasteiger partial charge in [0.05, 0.1) is 6.04 Å². The highest BCUT2D eigenvalue weighted by molar-refractivity contribution is 5.98. The summed E-state index contributed by atoms with van der Waals surface area (Å²) in [5, 5.41) is 12.7. The molecule has 1 saturated carbocycles. The van der Waals surface area contributed by atoms with Gasteiger partial charge in [0, 0.05) is 17.2 Å². The topological polar surface area (TPSA) is 99.8 Å². The molecule has 0 aliphatic heterocycles. The fourth-order valence-corrected chi connectivity index (χ4v) is 2.77. The highest BCUT2D eigenvalue weighted by Gasteiger charge is 2.39. The maximum atomic E-state index is 12.5. The third kappa shape index (κ3) is 4.04. The Morgan fingerprint density at radius 1 is 1.40 bits per heavy atom. The molecule has 1 aliphatic rings. The van der Waals surface area contributed by atoms with Gasteiger partial charge in [-0.1, -0.05) is 19.9 Å². The molecule has 1 aliphatic carbocycles. The Hall–Kier alpha value is -2.70. The van der Waals surface area contributed by atoms with Crippen LogP contribution in [0.5, 0.6) is 0 Å². The predicted molar refractivity (Wildman–Crippen MR) is 94.0 cm³/mol. The van der Waals surface area contributed by atoms with Gasteiger partial charge in [0.15, 0.2) is 5.82 Å². The van der Waals surface area contributed by atoms with Crippen LogP contribution in [0.3, 0.4) is 0 Å². The number of H-pyrrole nitrogens is 1. The number of anilines is 1. The maximum absolute atomic E-state index is 12.5. The second kappa shape index (κ2) is 7.04. The lowest BCUT2D eigenvalue weighted by atomic mass is 10.1. The molecule has 0 bridgehead atoms. The first kappa shape index (κ1) is 17.1. The Morgan fingerprint density at radius 2 is 2.16 bits per heavy atom. The van der Waals surface area contributed by atoms with Gasteiger partial charge in [0.1, 0.15) is 5.82 Å². The van der Waals surface area contributed by atoms with Gasteiger partial charge in [-0.05, 0) is 43.9 Å². The van der Waals surface area contributed by atoms with E-state index in [2.05, 4.69) is 32.7 Å². The molecule has 132 valence electrons. The second-order valence-corrected chi connectivity index (χ2v) is 6.60. The first-order valence-electron chi connectivity index (χ1n) is 8.58. The zero-order valence-electron chi connectivity index (χ0n) is 14.7. The van der Waals surface area contributed by atoms with Crippen LogP contribution < -0.4 is 10.6 Å². The number of aryl methyl sites for hydroxylation is 1. The van der Waals surface area contributed by atoms with Gasteiger partial charge in [0.2, 0.25) is 5.91 Å². The Morgan fingerprint density at radius 3 is 2.76 bits per heavy atom. The predicted octanol–water partition coefficient (Wildman–Crippen LogP) is 2.59. The van der Waals surface area contributed by atoms with Crippen LogP contribution in [0.2, 0.25) is 0 Å². The lowest BCUT2D eigenvalue weighted by Gasteiger charge is -2.14. The largest absolute Gasteiger partial charge is 0.342 e. The van der Waals surface area contributed by atoms with Gasteiger partial charge in [0.25, 0.3) is 5.91 Å². The SMILES string of the molecule is CC[C@H](NC(=O)c1cccc(NC(=O)[C@H]2C[C@@H]2C)c1)c1n[nH]c(C)n1. The molecule has 0 saturated heterocycles. The van der Waals surface area contributed by atoms with E-state index in [4.69, 9.17) is 0 Å². The number of nitrogens with zero attached hydrogens (tertiary/aromatic N) is 2. The average Bonchev–Trinajstić information content (AvgIpc) is 3.18. The minimum atomic E-state index is -0.261. The van der Waals surface area contributed by atoms with Crippen LogP contribution in [0.4, 0.5) is 5.69 Å². The molecule has 3 atom stereocenters. The molecule has 2 aromatic rings. The van der Waals surface area contributed by atoms with Crippen molar-refractivity contribution in [3.63, 3.8) is 0 Å². The molecule has 7 nitrogen and oxygen atoms in total. The second-order valence-electron chi connectivity index (χ2n) is 6.60. The molecule has 1 aromatic heterocycles. The van der Waals surface area contributed by atoms with Crippen LogP contribution in [-0.4, -0.2) is 27.0 Å². The molecule has 1 fully saturated rings. The Balaban J connectivity index is 1.67. The molecule has 3 rings (SSSR count). The van der Waals surface area contributed by atoms with Crippen molar-refractivity contribution in [2.45, 2.75) is 39.7 Å². The Bertz CT molecular complexity index is 785. The molecule has 0 unspecified atom stereocenters. The molecule has 0 spiro atoms. The van der Waals surface area contributed by atoms with E-state index < -0.39 is 0 Å². The monoisotopic (exact) mass is 341 g/mol. The van der Waals surface area contributed by atoms with Gasteiger partial charge >= 0.3 is 0 Å². The van der Waals surface area contributed by atoms with Crippen molar-refractivity contribution in [3.8, 4) is 0 Å². The Labute approximate surface area is 146 Å². The normalized spacial score (nSPS) is 20.0. The molecule has 25 heavy (non-hydrogen) atoms. The standard InChI is InChI=1S/C18H23N5O2/c1-4-15(16-19-11(3)22-23-16)21-17(24)12-6-5-7-13(9-12)20-18(25)14-8-10(14)2/h5-7,9-10,14-15H,4,8H2,1-3H3,(H,20,25)(H,21,24)(H,19,22,23)/t10-,14-,15-/m0/s1. The van der Waals surface area contributed by atoms with Crippen LogP contribution >= 0.6 is 0 Å². The van der Waals surface area contributed by atoms with E-state index in [-0.39, 0.29) is 23.8 Å². The van der Waals surface area contributed by atoms with Gasteiger partial charge in [-0.15, -0.1) is 0 Å². The van der Waals surface area contributed by atoms with Crippen molar-refractivity contribution in [3.05, 3.63) is 41.5 Å². The molecule has 3 N–H and O–H groups in total. The van der Waals surface area contributed by atoms with Gasteiger partial charge in [-0.25, -0.2) is 4.98 Å². The first-order chi connectivity index (χ1) is 12.0. The maximum Gasteiger partial charge on any atom is 0.251 e. The summed E-state index contributed by atoms with van der Waals surface area (Å²) in [7, 11) is 0. The summed E-state index contributed by atoms with van der Waals surface area (Å²) in [6.07, 6.45) is 1.61. The lowest BCUT2D eigenvalue weighted by Crippen LogP contribution is -2.29. The molecule has 1 heterocycles. The van der Waals surface area contributed by atoms with Crippen molar-refractivity contribution in [2.75, 3.05) is 5.32 Å². The van der Waals surface area contributed by atoms with E-state index in [1.807, 2.05) is 13.8 Å². The third-order valence-electron chi connectivity index (χ3n) is 4.48. The molecular weight excluding hydrogens is 318 g/mol.